The second-order valence-corrected chi connectivity index (χ2v) is 5.22. The van der Waals surface area contributed by atoms with Gasteiger partial charge < -0.3 is 10.6 Å². The molecule has 110 valence electrons. The summed E-state index contributed by atoms with van der Waals surface area (Å²) in [6.07, 6.45) is 3.87. The first-order chi connectivity index (χ1) is 10.3. The summed E-state index contributed by atoms with van der Waals surface area (Å²) in [4.78, 5) is 12.1. The summed E-state index contributed by atoms with van der Waals surface area (Å²) in [5.74, 6) is 0.493. The van der Waals surface area contributed by atoms with Crippen LogP contribution in [-0.2, 0) is 0 Å². The van der Waals surface area contributed by atoms with Crippen LogP contribution in [0.1, 0.15) is 23.2 Å². The Hall–Kier alpha value is -2.28. The molecular formula is C14H18N6O. The number of rotatable bonds is 4. The molecule has 0 saturated carbocycles. The van der Waals surface area contributed by atoms with Crippen molar-refractivity contribution in [2.24, 2.45) is 5.92 Å². The molecule has 7 nitrogen and oxygen atoms in total. The zero-order valence-electron chi connectivity index (χ0n) is 11.7. The van der Waals surface area contributed by atoms with Gasteiger partial charge in [0.25, 0.3) is 5.91 Å². The average molecular weight is 286 g/mol. The molecule has 0 radical (unpaired) electrons. The van der Waals surface area contributed by atoms with Gasteiger partial charge in [0.2, 0.25) is 0 Å². The molecule has 1 amide bonds. The lowest BCUT2D eigenvalue weighted by Gasteiger charge is -2.22. The Morgan fingerprint density at radius 1 is 1.38 bits per heavy atom. The molecule has 1 aliphatic rings. The molecule has 2 N–H and O–H groups in total. The van der Waals surface area contributed by atoms with Crippen molar-refractivity contribution in [2.75, 3.05) is 19.6 Å². The standard InChI is InChI=1S/C14H18N6O/c21-14(16-9-11-2-1-7-15-8-11)12-3-5-13(6-4-12)20-10-17-18-19-20/h3-6,10-11,15H,1-2,7-9H2,(H,16,21). The summed E-state index contributed by atoms with van der Waals surface area (Å²) in [6.45, 7) is 2.79. The van der Waals surface area contributed by atoms with E-state index in [9.17, 15) is 4.79 Å². The third-order valence-corrected chi connectivity index (χ3v) is 3.69. The number of nitrogens with one attached hydrogen (secondary N) is 2. The summed E-state index contributed by atoms with van der Waals surface area (Å²) < 4.78 is 1.55. The highest BCUT2D eigenvalue weighted by molar-refractivity contribution is 5.94. The van der Waals surface area contributed by atoms with Crippen LogP contribution in [0.15, 0.2) is 30.6 Å². The zero-order valence-corrected chi connectivity index (χ0v) is 11.7. The van der Waals surface area contributed by atoms with Crippen LogP contribution in [0.4, 0.5) is 0 Å². The molecule has 1 aromatic carbocycles. The number of benzene rings is 1. The Kier molecular flexibility index (Phi) is 4.20. The van der Waals surface area contributed by atoms with E-state index in [2.05, 4.69) is 26.2 Å². The van der Waals surface area contributed by atoms with Crippen molar-refractivity contribution >= 4 is 5.91 Å². The van der Waals surface area contributed by atoms with Crippen molar-refractivity contribution in [1.82, 2.24) is 30.8 Å². The molecule has 1 fully saturated rings. The lowest BCUT2D eigenvalue weighted by molar-refractivity contribution is 0.0945. The van der Waals surface area contributed by atoms with E-state index >= 15 is 0 Å². The minimum absolute atomic E-state index is 0.0381. The number of hydrogen-bond donors (Lipinski definition) is 2. The first-order valence-electron chi connectivity index (χ1n) is 7.15. The zero-order chi connectivity index (χ0) is 14.5. The molecule has 21 heavy (non-hydrogen) atoms. The van der Waals surface area contributed by atoms with Crippen LogP contribution in [0.3, 0.4) is 0 Å². The molecule has 0 aliphatic carbocycles. The Labute approximate surface area is 122 Å². The van der Waals surface area contributed by atoms with Gasteiger partial charge in [0, 0.05) is 12.1 Å². The number of nitrogens with zero attached hydrogens (tertiary/aromatic N) is 4. The summed E-state index contributed by atoms with van der Waals surface area (Å²) in [7, 11) is 0. The second kappa shape index (κ2) is 6.45. The molecule has 1 aromatic heterocycles. The summed E-state index contributed by atoms with van der Waals surface area (Å²) in [6, 6.07) is 7.22. The number of carbonyl (C=O) groups excluding carboxylic acids is 1. The number of amides is 1. The van der Waals surface area contributed by atoms with Gasteiger partial charge in [-0.25, -0.2) is 4.68 Å². The van der Waals surface area contributed by atoms with Gasteiger partial charge >= 0.3 is 0 Å². The maximum absolute atomic E-state index is 12.1. The van der Waals surface area contributed by atoms with Gasteiger partial charge in [-0.15, -0.1) is 5.10 Å². The quantitative estimate of drug-likeness (QED) is 0.849. The summed E-state index contributed by atoms with van der Waals surface area (Å²) in [5, 5.41) is 17.3. The fourth-order valence-corrected chi connectivity index (χ4v) is 2.48. The van der Waals surface area contributed by atoms with E-state index in [4.69, 9.17) is 0 Å². The van der Waals surface area contributed by atoms with Crippen molar-refractivity contribution in [1.29, 1.82) is 0 Å². The molecule has 0 bridgehead atoms. The molecule has 1 saturated heterocycles. The van der Waals surface area contributed by atoms with Crippen LogP contribution >= 0.6 is 0 Å². The minimum Gasteiger partial charge on any atom is -0.352 e. The van der Waals surface area contributed by atoms with Gasteiger partial charge in [-0.05, 0) is 66.5 Å². The lowest BCUT2D eigenvalue weighted by Crippen LogP contribution is -2.38. The predicted octanol–water partition coefficient (Wildman–Crippen LogP) is 0.392. The van der Waals surface area contributed by atoms with Gasteiger partial charge in [0.15, 0.2) is 0 Å². The number of aromatic nitrogens is 4. The maximum atomic E-state index is 12.1. The topological polar surface area (TPSA) is 84.7 Å². The third kappa shape index (κ3) is 3.43. The molecule has 3 rings (SSSR count). The monoisotopic (exact) mass is 286 g/mol. The van der Waals surface area contributed by atoms with E-state index in [-0.39, 0.29) is 5.91 Å². The van der Waals surface area contributed by atoms with Crippen molar-refractivity contribution in [3.05, 3.63) is 36.2 Å². The highest BCUT2D eigenvalue weighted by Crippen LogP contribution is 2.10. The van der Waals surface area contributed by atoms with E-state index in [0.29, 0.717) is 11.5 Å². The van der Waals surface area contributed by atoms with Crippen LogP contribution in [0, 0.1) is 5.92 Å². The Morgan fingerprint density at radius 2 is 2.24 bits per heavy atom. The van der Waals surface area contributed by atoms with Crippen molar-refractivity contribution in [2.45, 2.75) is 12.8 Å². The highest BCUT2D eigenvalue weighted by atomic mass is 16.1. The molecule has 1 atom stereocenters. The summed E-state index contributed by atoms with van der Waals surface area (Å²) in [5.41, 5.74) is 1.48. The SMILES string of the molecule is O=C(NCC1CCCNC1)c1ccc(-n2cnnn2)cc1. The molecule has 1 unspecified atom stereocenters. The van der Waals surface area contributed by atoms with E-state index in [1.54, 1.807) is 16.8 Å². The Morgan fingerprint density at radius 3 is 2.90 bits per heavy atom. The van der Waals surface area contributed by atoms with Crippen LogP contribution in [0.2, 0.25) is 0 Å². The normalized spacial score (nSPS) is 18.4. The molecule has 2 aromatic rings. The first kappa shape index (κ1) is 13.7. The van der Waals surface area contributed by atoms with E-state index < -0.39 is 0 Å². The molecule has 1 aliphatic heterocycles. The first-order valence-corrected chi connectivity index (χ1v) is 7.15. The number of tetrazole rings is 1. The second-order valence-electron chi connectivity index (χ2n) is 5.22. The minimum atomic E-state index is -0.0381. The fourth-order valence-electron chi connectivity index (χ4n) is 2.48. The van der Waals surface area contributed by atoms with Gasteiger partial charge in [-0.2, -0.15) is 0 Å². The Balaban J connectivity index is 1.57. The molecule has 7 heteroatoms. The van der Waals surface area contributed by atoms with Gasteiger partial charge in [0.05, 0.1) is 5.69 Å². The third-order valence-electron chi connectivity index (χ3n) is 3.69. The smallest absolute Gasteiger partial charge is 0.251 e. The molecule has 2 heterocycles. The highest BCUT2D eigenvalue weighted by Gasteiger charge is 2.14. The summed E-state index contributed by atoms with van der Waals surface area (Å²) >= 11 is 0. The van der Waals surface area contributed by atoms with Crippen LogP contribution < -0.4 is 10.6 Å². The van der Waals surface area contributed by atoms with E-state index in [1.165, 1.54) is 19.2 Å². The van der Waals surface area contributed by atoms with Crippen LogP contribution in [-0.4, -0.2) is 45.7 Å². The number of piperidine rings is 1. The van der Waals surface area contributed by atoms with Gasteiger partial charge in [0.1, 0.15) is 6.33 Å². The van der Waals surface area contributed by atoms with Gasteiger partial charge in [-0.3, -0.25) is 4.79 Å². The fraction of sp³-hybridized carbons (Fsp3) is 0.429. The van der Waals surface area contributed by atoms with Gasteiger partial charge in [-0.1, -0.05) is 0 Å². The number of hydrogen-bond acceptors (Lipinski definition) is 5. The van der Waals surface area contributed by atoms with E-state index in [1.807, 2.05) is 12.1 Å². The number of carbonyl (C=O) groups is 1. The lowest BCUT2D eigenvalue weighted by atomic mass is 9.99. The molecule has 0 spiro atoms. The van der Waals surface area contributed by atoms with Crippen LogP contribution in [0.5, 0.6) is 0 Å². The predicted molar refractivity (Wildman–Crippen MR) is 77.1 cm³/mol. The molecular weight excluding hydrogens is 268 g/mol. The van der Waals surface area contributed by atoms with Crippen molar-refractivity contribution < 1.29 is 4.79 Å². The van der Waals surface area contributed by atoms with Crippen molar-refractivity contribution in [3.8, 4) is 5.69 Å². The van der Waals surface area contributed by atoms with Crippen LogP contribution in [0.25, 0.3) is 5.69 Å². The van der Waals surface area contributed by atoms with Crippen molar-refractivity contribution in [3.63, 3.8) is 0 Å². The maximum Gasteiger partial charge on any atom is 0.251 e. The largest absolute Gasteiger partial charge is 0.352 e. The Bertz CT molecular complexity index is 574. The average Bonchev–Trinajstić information content (AvgIpc) is 3.08. The van der Waals surface area contributed by atoms with E-state index in [0.717, 1.165) is 25.3 Å².